The number of carbonyl (C=O) groups excluding carboxylic acids is 2. The fourth-order valence-corrected chi connectivity index (χ4v) is 2.88. The van der Waals surface area contributed by atoms with Crippen molar-refractivity contribution < 1.29 is 19.1 Å². The number of ether oxygens (including phenoxy) is 2. The number of carbonyl (C=O) groups is 2. The molecule has 0 amide bonds. The van der Waals surface area contributed by atoms with Crippen molar-refractivity contribution in [2.45, 2.75) is 12.5 Å². The third kappa shape index (κ3) is 3.67. The van der Waals surface area contributed by atoms with E-state index in [0.717, 1.165) is 14.7 Å². The predicted octanol–water partition coefficient (Wildman–Crippen LogP) is 3.54. The van der Waals surface area contributed by atoms with Crippen LogP contribution >= 0.6 is 34.2 Å². The fourth-order valence-electron chi connectivity index (χ4n) is 2.33. The van der Waals surface area contributed by atoms with E-state index in [4.69, 9.17) is 21.1 Å². The summed E-state index contributed by atoms with van der Waals surface area (Å²) in [5, 5.41) is 0. The topological polar surface area (TPSA) is 52.6 Å². The number of hydrogen-bond donors (Lipinski definition) is 0. The molecule has 6 heteroatoms. The second-order valence-corrected chi connectivity index (χ2v) is 6.60. The summed E-state index contributed by atoms with van der Waals surface area (Å²) < 4.78 is 11.6. The summed E-state index contributed by atoms with van der Waals surface area (Å²) in [5.74, 6) is -0.631. The molecular formula is C17H12ClIO4. The van der Waals surface area contributed by atoms with Gasteiger partial charge < -0.3 is 9.47 Å². The van der Waals surface area contributed by atoms with E-state index < -0.39 is 11.9 Å². The Morgan fingerprint density at radius 1 is 1.30 bits per heavy atom. The van der Waals surface area contributed by atoms with Gasteiger partial charge in [-0.3, -0.25) is 0 Å². The molecule has 3 rings (SSSR count). The van der Waals surface area contributed by atoms with Crippen LogP contribution in [0.4, 0.5) is 0 Å². The Kier molecular flexibility index (Phi) is 4.87. The van der Waals surface area contributed by atoms with Crippen molar-refractivity contribution in [1.82, 2.24) is 0 Å². The van der Waals surface area contributed by atoms with Gasteiger partial charge in [-0.15, -0.1) is 11.6 Å². The third-order valence-electron chi connectivity index (χ3n) is 3.50. The maximum atomic E-state index is 12.2. The molecule has 1 aromatic rings. The first-order valence-corrected chi connectivity index (χ1v) is 8.55. The molecule has 4 nitrogen and oxygen atoms in total. The van der Waals surface area contributed by atoms with Gasteiger partial charge in [-0.05, 0) is 64.1 Å². The van der Waals surface area contributed by atoms with Crippen molar-refractivity contribution in [3.63, 3.8) is 0 Å². The number of halogens is 2. The number of fused-ring (bicyclic) bond motifs is 1. The highest BCUT2D eigenvalue weighted by Gasteiger charge is 2.32. The normalized spacial score (nSPS) is 19.8. The van der Waals surface area contributed by atoms with Crippen molar-refractivity contribution in [3.05, 3.63) is 62.8 Å². The van der Waals surface area contributed by atoms with Gasteiger partial charge in [0.15, 0.2) is 0 Å². The number of esters is 2. The van der Waals surface area contributed by atoms with Gasteiger partial charge in [0.1, 0.15) is 17.4 Å². The van der Waals surface area contributed by atoms with Crippen molar-refractivity contribution >= 4 is 46.1 Å². The summed E-state index contributed by atoms with van der Waals surface area (Å²) in [7, 11) is 0. The predicted molar refractivity (Wildman–Crippen MR) is 94.3 cm³/mol. The molecule has 1 aromatic carbocycles. The molecule has 2 aliphatic rings. The molecule has 0 fully saturated rings. The average molecular weight is 443 g/mol. The lowest BCUT2D eigenvalue weighted by atomic mass is 9.93. The van der Waals surface area contributed by atoms with Crippen molar-refractivity contribution in [1.29, 1.82) is 0 Å². The monoisotopic (exact) mass is 442 g/mol. The van der Waals surface area contributed by atoms with Gasteiger partial charge in [0.2, 0.25) is 0 Å². The van der Waals surface area contributed by atoms with Crippen LogP contribution in [0.1, 0.15) is 6.42 Å². The molecule has 1 aliphatic heterocycles. The van der Waals surface area contributed by atoms with Crippen LogP contribution in [-0.2, 0) is 14.3 Å². The summed E-state index contributed by atoms with van der Waals surface area (Å²) in [6, 6.07) is 6.97. The Morgan fingerprint density at radius 3 is 2.74 bits per heavy atom. The second-order valence-electron chi connectivity index (χ2n) is 5.09. The lowest BCUT2D eigenvalue weighted by Gasteiger charge is -2.26. The van der Waals surface area contributed by atoms with Gasteiger partial charge in [0.05, 0.1) is 0 Å². The molecule has 0 radical (unpaired) electrons. The molecule has 1 heterocycles. The fraction of sp³-hybridized carbons (Fsp3) is 0.176. The lowest BCUT2D eigenvalue weighted by molar-refractivity contribution is -0.147. The Balaban J connectivity index is 1.83. The number of alkyl halides is 1. The van der Waals surface area contributed by atoms with E-state index in [-0.39, 0.29) is 11.7 Å². The van der Waals surface area contributed by atoms with Crippen LogP contribution in [0.3, 0.4) is 0 Å². The van der Waals surface area contributed by atoms with E-state index in [9.17, 15) is 9.59 Å². The number of rotatable bonds is 3. The number of allylic oxidation sites excluding steroid dienone is 2. The van der Waals surface area contributed by atoms with E-state index >= 15 is 0 Å². The van der Waals surface area contributed by atoms with Crippen LogP contribution in [0.25, 0.3) is 0 Å². The molecule has 1 aliphatic carbocycles. The van der Waals surface area contributed by atoms with Gasteiger partial charge in [0, 0.05) is 15.9 Å². The molecule has 0 bridgehead atoms. The molecule has 0 saturated carbocycles. The largest absolute Gasteiger partial charge is 0.453 e. The second kappa shape index (κ2) is 6.88. The van der Waals surface area contributed by atoms with Crippen LogP contribution in [0.2, 0.25) is 0 Å². The summed E-state index contributed by atoms with van der Waals surface area (Å²) >= 11 is 7.98. The zero-order valence-corrected chi connectivity index (χ0v) is 14.8. The SMILES string of the molecule is O=C(Oc1ccc(I)cc1)C1=CC2=CC(CCl)=CCC2OC1=O. The van der Waals surface area contributed by atoms with Crippen LogP contribution in [0.15, 0.2) is 59.2 Å². The standard InChI is InChI=1S/C17H12ClIO4/c18-9-10-1-6-15-11(7-10)8-14(17(21)23-15)16(20)22-13-4-2-12(19)3-5-13/h1-5,7-8,15H,6,9H2. The van der Waals surface area contributed by atoms with E-state index in [1.807, 2.05) is 24.3 Å². The van der Waals surface area contributed by atoms with Gasteiger partial charge >= 0.3 is 11.9 Å². The van der Waals surface area contributed by atoms with Crippen molar-refractivity contribution in [2.24, 2.45) is 0 Å². The van der Waals surface area contributed by atoms with Crippen LogP contribution in [0.5, 0.6) is 5.75 Å². The highest BCUT2D eigenvalue weighted by atomic mass is 127. The Morgan fingerprint density at radius 2 is 2.04 bits per heavy atom. The van der Waals surface area contributed by atoms with E-state index in [1.54, 1.807) is 12.1 Å². The number of benzene rings is 1. The van der Waals surface area contributed by atoms with E-state index in [2.05, 4.69) is 22.6 Å². The molecular weight excluding hydrogens is 431 g/mol. The lowest BCUT2D eigenvalue weighted by Crippen LogP contribution is -2.31. The van der Waals surface area contributed by atoms with Crippen molar-refractivity contribution in [3.8, 4) is 5.75 Å². The van der Waals surface area contributed by atoms with E-state index in [1.165, 1.54) is 6.08 Å². The van der Waals surface area contributed by atoms with Crippen LogP contribution in [-0.4, -0.2) is 23.9 Å². The van der Waals surface area contributed by atoms with Gasteiger partial charge in [-0.25, -0.2) is 9.59 Å². The Hall–Kier alpha value is -1.60. The van der Waals surface area contributed by atoms with Gasteiger partial charge in [-0.2, -0.15) is 0 Å². The smallest absolute Gasteiger partial charge is 0.350 e. The summed E-state index contributed by atoms with van der Waals surface area (Å²) in [5.41, 5.74) is 1.59. The minimum absolute atomic E-state index is 0.109. The molecule has 0 spiro atoms. The van der Waals surface area contributed by atoms with Gasteiger partial charge in [-0.1, -0.05) is 12.2 Å². The Bertz CT molecular complexity index is 746. The molecule has 1 atom stereocenters. The zero-order chi connectivity index (χ0) is 16.4. The Labute approximate surface area is 151 Å². The zero-order valence-electron chi connectivity index (χ0n) is 11.9. The third-order valence-corrected chi connectivity index (χ3v) is 4.52. The summed E-state index contributed by atoms with van der Waals surface area (Å²) in [6.07, 6.45) is 5.51. The highest BCUT2D eigenvalue weighted by molar-refractivity contribution is 14.1. The minimum Gasteiger partial charge on any atom is -0.453 e. The first-order chi connectivity index (χ1) is 11.1. The number of hydrogen-bond acceptors (Lipinski definition) is 4. The molecule has 0 aromatic heterocycles. The minimum atomic E-state index is -0.725. The maximum Gasteiger partial charge on any atom is 0.350 e. The van der Waals surface area contributed by atoms with E-state index in [0.29, 0.717) is 18.1 Å². The molecule has 1 unspecified atom stereocenters. The summed E-state index contributed by atoms with van der Waals surface area (Å²) in [4.78, 5) is 24.2. The quantitative estimate of drug-likeness (QED) is 0.236. The molecule has 118 valence electrons. The van der Waals surface area contributed by atoms with Crippen LogP contribution < -0.4 is 4.74 Å². The first kappa shape index (κ1) is 16.3. The molecule has 23 heavy (non-hydrogen) atoms. The average Bonchev–Trinajstić information content (AvgIpc) is 2.55. The highest BCUT2D eigenvalue weighted by Crippen LogP contribution is 2.29. The molecule has 0 N–H and O–H groups in total. The van der Waals surface area contributed by atoms with Gasteiger partial charge in [0.25, 0.3) is 0 Å². The molecule has 0 saturated heterocycles. The van der Waals surface area contributed by atoms with Crippen LogP contribution in [0, 0.1) is 3.57 Å². The summed E-state index contributed by atoms with van der Waals surface area (Å²) in [6.45, 7) is 0. The first-order valence-electron chi connectivity index (χ1n) is 6.94. The maximum absolute atomic E-state index is 12.2. The van der Waals surface area contributed by atoms with Crippen molar-refractivity contribution in [2.75, 3.05) is 5.88 Å².